The van der Waals surface area contributed by atoms with Crippen LogP contribution in [0.2, 0.25) is 0 Å². The highest BCUT2D eigenvalue weighted by atomic mass is 19.1. The fourth-order valence-corrected chi connectivity index (χ4v) is 1.98. The molecule has 3 rings (SSSR count). The van der Waals surface area contributed by atoms with Gasteiger partial charge >= 0.3 is 0 Å². The molecule has 1 aliphatic rings. The van der Waals surface area contributed by atoms with E-state index in [-0.39, 0.29) is 11.4 Å². The van der Waals surface area contributed by atoms with Crippen molar-refractivity contribution in [2.45, 2.75) is 25.9 Å². The molecule has 1 atom stereocenters. The zero-order valence-corrected chi connectivity index (χ0v) is 9.03. The molecule has 1 fully saturated rings. The van der Waals surface area contributed by atoms with Gasteiger partial charge in [-0.05, 0) is 37.3 Å². The van der Waals surface area contributed by atoms with Crippen molar-refractivity contribution in [3.05, 3.63) is 35.3 Å². The van der Waals surface area contributed by atoms with E-state index in [2.05, 4.69) is 0 Å². The van der Waals surface area contributed by atoms with Gasteiger partial charge in [0.25, 0.3) is 0 Å². The summed E-state index contributed by atoms with van der Waals surface area (Å²) in [6, 6.07) is 5.28. The van der Waals surface area contributed by atoms with E-state index in [1.165, 1.54) is 0 Å². The molecule has 1 N–H and O–H groups in total. The van der Waals surface area contributed by atoms with Crippen LogP contribution in [0.15, 0.2) is 22.6 Å². The number of furan rings is 1. The number of aliphatic hydroxyl groups is 1. The van der Waals surface area contributed by atoms with Gasteiger partial charge in [0.15, 0.2) is 11.4 Å². The van der Waals surface area contributed by atoms with E-state index in [9.17, 15) is 9.50 Å². The minimum Gasteiger partial charge on any atom is -0.455 e. The molecule has 16 heavy (non-hydrogen) atoms. The number of rotatable bonds is 2. The fourth-order valence-electron chi connectivity index (χ4n) is 1.98. The van der Waals surface area contributed by atoms with Crippen LogP contribution in [0.5, 0.6) is 0 Å². The monoisotopic (exact) mass is 220 g/mol. The third-order valence-electron chi connectivity index (χ3n) is 3.20. The largest absolute Gasteiger partial charge is 0.455 e. The molecule has 84 valence electrons. The molecule has 0 spiro atoms. The van der Waals surface area contributed by atoms with Crippen LogP contribution in [0.4, 0.5) is 4.39 Å². The molecule has 1 aliphatic carbocycles. The summed E-state index contributed by atoms with van der Waals surface area (Å²) in [6.07, 6.45) is 1.48. The van der Waals surface area contributed by atoms with Gasteiger partial charge in [0.05, 0.1) is 0 Å². The highest BCUT2D eigenvalue weighted by Gasteiger charge is 2.33. The van der Waals surface area contributed by atoms with Crippen molar-refractivity contribution < 1.29 is 13.9 Å². The van der Waals surface area contributed by atoms with Crippen molar-refractivity contribution in [1.82, 2.24) is 0 Å². The first-order valence-corrected chi connectivity index (χ1v) is 5.53. The van der Waals surface area contributed by atoms with E-state index >= 15 is 0 Å². The lowest BCUT2D eigenvalue weighted by molar-refractivity contribution is 0.129. The van der Waals surface area contributed by atoms with Crippen LogP contribution in [-0.2, 0) is 0 Å². The number of aryl methyl sites for hydroxylation is 1. The molecule has 1 unspecified atom stereocenters. The highest BCUT2D eigenvalue weighted by molar-refractivity contribution is 5.79. The number of benzene rings is 1. The second-order valence-electron chi connectivity index (χ2n) is 4.55. The second-order valence-corrected chi connectivity index (χ2v) is 4.55. The number of hydrogen-bond acceptors (Lipinski definition) is 2. The van der Waals surface area contributed by atoms with Crippen LogP contribution < -0.4 is 0 Å². The van der Waals surface area contributed by atoms with Crippen LogP contribution in [0.1, 0.15) is 30.3 Å². The van der Waals surface area contributed by atoms with Gasteiger partial charge in [0.1, 0.15) is 11.9 Å². The first-order chi connectivity index (χ1) is 7.66. The average Bonchev–Trinajstić information content (AvgIpc) is 3.02. The Morgan fingerprint density at radius 1 is 1.44 bits per heavy atom. The highest BCUT2D eigenvalue weighted by Crippen LogP contribution is 2.42. The van der Waals surface area contributed by atoms with E-state index in [1.807, 2.05) is 6.07 Å². The molecule has 2 aromatic rings. The topological polar surface area (TPSA) is 33.4 Å². The lowest BCUT2D eigenvalue weighted by atomic mass is 10.1. The van der Waals surface area contributed by atoms with Gasteiger partial charge in [-0.15, -0.1) is 0 Å². The fraction of sp³-hybridized carbons (Fsp3) is 0.385. The normalized spacial score (nSPS) is 17.9. The van der Waals surface area contributed by atoms with Gasteiger partial charge in [0, 0.05) is 5.39 Å². The maximum Gasteiger partial charge on any atom is 0.170 e. The SMILES string of the molecule is Cc1ccc2cc(C(O)C3CC3)oc2c1F. The molecule has 1 aromatic heterocycles. The summed E-state index contributed by atoms with van der Waals surface area (Å²) in [6.45, 7) is 1.70. The van der Waals surface area contributed by atoms with Gasteiger partial charge in [-0.3, -0.25) is 0 Å². The van der Waals surface area contributed by atoms with Gasteiger partial charge in [-0.25, -0.2) is 4.39 Å². The Bertz CT molecular complexity index is 540. The predicted molar refractivity (Wildman–Crippen MR) is 58.6 cm³/mol. The molecule has 0 radical (unpaired) electrons. The van der Waals surface area contributed by atoms with Crippen LogP contribution in [0, 0.1) is 18.7 Å². The second kappa shape index (κ2) is 3.32. The van der Waals surface area contributed by atoms with Crippen molar-refractivity contribution in [2.75, 3.05) is 0 Å². The molecular formula is C13H13FO2. The van der Waals surface area contributed by atoms with Crippen LogP contribution in [0.3, 0.4) is 0 Å². The molecule has 3 heteroatoms. The van der Waals surface area contributed by atoms with Crippen molar-refractivity contribution in [1.29, 1.82) is 0 Å². The molecular weight excluding hydrogens is 207 g/mol. The van der Waals surface area contributed by atoms with Gasteiger partial charge < -0.3 is 9.52 Å². The maximum absolute atomic E-state index is 13.7. The Kier molecular flexibility index (Phi) is 2.04. The summed E-state index contributed by atoms with van der Waals surface area (Å²) < 4.78 is 19.1. The molecule has 2 nitrogen and oxygen atoms in total. The zero-order chi connectivity index (χ0) is 11.3. The lowest BCUT2D eigenvalue weighted by Crippen LogP contribution is -1.96. The molecule has 0 saturated heterocycles. The Labute approximate surface area is 92.7 Å². The summed E-state index contributed by atoms with van der Waals surface area (Å²) in [7, 11) is 0. The Morgan fingerprint density at radius 2 is 2.19 bits per heavy atom. The van der Waals surface area contributed by atoms with E-state index in [0.29, 0.717) is 17.2 Å². The summed E-state index contributed by atoms with van der Waals surface area (Å²) in [5, 5.41) is 10.6. The van der Waals surface area contributed by atoms with E-state index in [0.717, 1.165) is 18.2 Å². The number of halogens is 1. The smallest absolute Gasteiger partial charge is 0.170 e. The first kappa shape index (κ1) is 9.85. The summed E-state index contributed by atoms with van der Waals surface area (Å²) in [5.41, 5.74) is 0.823. The van der Waals surface area contributed by atoms with Crippen molar-refractivity contribution in [2.24, 2.45) is 5.92 Å². The molecule has 1 saturated carbocycles. The van der Waals surface area contributed by atoms with Crippen LogP contribution >= 0.6 is 0 Å². The van der Waals surface area contributed by atoms with Gasteiger partial charge in [-0.2, -0.15) is 0 Å². The summed E-state index contributed by atoms with van der Waals surface area (Å²) >= 11 is 0. The summed E-state index contributed by atoms with van der Waals surface area (Å²) in [4.78, 5) is 0. The standard InChI is InChI=1S/C13H13FO2/c1-7-2-3-9-6-10(12(15)8-4-5-8)16-13(9)11(7)14/h2-3,6,8,12,15H,4-5H2,1H3. The Hall–Kier alpha value is -1.35. The zero-order valence-electron chi connectivity index (χ0n) is 9.03. The van der Waals surface area contributed by atoms with E-state index in [1.54, 1.807) is 19.1 Å². The summed E-state index contributed by atoms with van der Waals surface area (Å²) in [5.74, 6) is 0.457. The molecule has 0 aliphatic heterocycles. The average molecular weight is 220 g/mol. The van der Waals surface area contributed by atoms with Gasteiger partial charge in [0.2, 0.25) is 0 Å². The van der Waals surface area contributed by atoms with E-state index < -0.39 is 6.10 Å². The van der Waals surface area contributed by atoms with Crippen molar-refractivity contribution >= 4 is 11.0 Å². The van der Waals surface area contributed by atoms with E-state index in [4.69, 9.17) is 4.42 Å². The number of fused-ring (bicyclic) bond motifs is 1. The van der Waals surface area contributed by atoms with Gasteiger partial charge in [-0.1, -0.05) is 12.1 Å². The third kappa shape index (κ3) is 1.43. The van der Waals surface area contributed by atoms with Crippen molar-refractivity contribution in [3.8, 4) is 0 Å². The maximum atomic E-state index is 13.7. The first-order valence-electron chi connectivity index (χ1n) is 5.53. The minimum absolute atomic E-state index is 0.259. The molecule has 0 amide bonds. The molecule has 1 heterocycles. The molecule has 0 bridgehead atoms. The quantitative estimate of drug-likeness (QED) is 0.842. The molecule has 1 aromatic carbocycles. The number of aliphatic hydroxyl groups excluding tert-OH is 1. The lowest BCUT2D eigenvalue weighted by Gasteiger charge is -2.03. The minimum atomic E-state index is -0.577. The van der Waals surface area contributed by atoms with Crippen LogP contribution in [0.25, 0.3) is 11.0 Å². The Balaban J connectivity index is 2.11. The van der Waals surface area contributed by atoms with Crippen molar-refractivity contribution in [3.63, 3.8) is 0 Å². The Morgan fingerprint density at radius 3 is 2.88 bits per heavy atom. The third-order valence-corrected chi connectivity index (χ3v) is 3.20. The predicted octanol–water partition coefficient (Wildman–Crippen LogP) is 3.32. The number of hydrogen-bond donors (Lipinski definition) is 1. The van der Waals surface area contributed by atoms with Crippen LogP contribution in [-0.4, -0.2) is 5.11 Å².